The van der Waals surface area contributed by atoms with Crippen molar-refractivity contribution < 1.29 is 8.42 Å². The van der Waals surface area contributed by atoms with E-state index in [0.717, 1.165) is 12.2 Å². The Morgan fingerprint density at radius 3 is 2.48 bits per heavy atom. The van der Waals surface area contributed by atoms with Crippen LogP contribution in [0.1, 0.15) is 31.2 Å². The van der Waals surface area contributed by atoms with Gasteiger partial charge in [0.2, 0.25) is 10.0 Å². The van der Waals surface area contributed by atoms with Gasteiger partial charge in [-0.25, -0.2) is 13.6 Å². The summed E-state index contributed by atoms with van der Waals surface area (Å²) in [5.41, 5.74) is 7.58. The Morgan fingerprint density at radius 1 is 1.33 bits per heavy atom. The Bertz CT molecular complexity index is 623. The standard InChI is InChI=1S/C14H23N3O2S2/c1-10-12(7-11(15)8-13(10)21(16,18)19)17-9-14(20-2)5-3-4-6-14/h7-8,17H,3-6,9,15H2,1-2H3,(H2,16,18,19). The Hall–Kier alpha value is -0.920. The van der Waals surface area contributed by atoms with Gasteiger partial charge in [-0.3, -0.25) is 0 Å². The smallest absolute Gasteiger partial charge is 0.238 e. The van der Waals surface area contributed by atoms with E-state index >= 15 is 0 Å². The fourth-order valence-corrected chi connectivity index (χ4v) is 4.67. The van der Waals surface area contributed by atoms with Gasteiger partial charge in [0.05, 0.1) is 4.90 Å². The predicted octanol–water partition coefficient (Wildman–Crippen LogP) is 2.31. The second kappa shape index (κ2) is 6.06. The average Bonchev–Trinajstić information content (AvgIpc) is 2.87. The maximum Gasteiger partial charge on any atom is 0.238 e. The van der Waals surface area contributed by atoms with Crippen molar-refractivity contribution in [2.75, 3.05) is 23.9 Å². The molecule has 118 valence electrons. The molecule has 0 radical (unpaired) electrons. The van der Waals surface area contributed by atoms with Crippen LogP contribution in [0.4, 0.5) is 11.4 Å². The molecule has 2 rings (SSSR count). The first-order chi connectivity index (χ1) is 9.77. The molecule has 0 bridgehead atoms. The summed E-state index contributed by atoms with van der Waals surface area (Å²) in [5, 5.41) is 8.63. The molecule has 1 saturated carbocycles. The number of nitrogens with one attached hydrogen (secondary N) is 1. The number of nitrogen functional groups attached to an aromatic ring is 1. The van der Waals surface area contributed by atoms with Gasteiger partial charge in [0.25, 0.3) is 0 Å². The summed E-state index contributed by atoms with van der Waals surface area (Å²) in [6.07, 6.45) is 7.01. The summed E-state index contributed by atoms with van der Waals surface area (Å²) in [6, 6.07) is 3.18. The molecule has 0 heterocycles. The van der Waals surface area contributed by atoms with E-state index in [0.29, 0.717) is 11.3 Å². The first kappa shape index (κ1) is 16.5. The lowest BCUT2D eigenvalue weighted by molar-refractivity contribution is 0.597. The molecule has 1 aromatic rings. The molecule has 1 aliphatic rings. The third kappa shape index (κ3) is 3.64. The third-order valence-corrected chi connectivity index (χ3v) is 6.69. The van der Waals surface area contributed by atoms with Crippen LogP contribution >= 0.6 is 11.8 Å². The number of benzene rings is 1. The van der Waals surface area contributed by atoms with E-state index in [4.69, 9.17) is 10.9 Å². The van der Waals surface area contributed by atoms with Gasteiger partial charge in [-0.05, 0) is 43.7 Å². The molecule has 1 fully saturated rings. The number of rotatable bonds is 5. The normalized spacial score (nSPS) is 17.9. The summed E-state index contributed by atoms with van der Waals surface area (Å²) in [4.78, 5) is 0.0922. The maximum atomic E-state index is 11.6. The molecule has 0 amide bonds. The highest BCUT2D eigenvalue weighted by atomic mass is 32.2. The summed E-state index contributed by atoms with van der Waals surface area (Å²) < 4.78 is 23.5. The number of nitrogens with two attached hydrogens (primary N) is 2. The SMILES string of the molecule is CSC1(CNc2cc(N)cc(S(N)(=O)=O)c2C)CCCC1. The molecule has 1 aliphatic carbocycles. The van der Waals surface area contributed by atoms with Crippen LogP contribution in [0.15, 0.2) is 17.0 Å². The Kier molecular flexibility index (Phi) is 4.75. The molecule has 0 spiro atoms. The van der Waals surface area contributed by atoms with Crippen molar-refractivity contribution in [1.29, 1.82) is 0 Å². The van der Waals surface area contributed by atoms with E-state index in [1.54, 1.807) is 13.0 Å². The van der Waals surface area contributed by atoms with Crippen LogP contribution in [-0.4, -0.2) is 26.0 Å². The van der Waals surface area contributed by atoms with Crippen LogP contribution in [0.3, 0.4) is 0 Å². The van der Waals surface area contributed by atoms with Gasteiger partial charge in [0.15, 0.2) is 0 Å². The summed E-state index contributed by atoms with van der Waals surface area (Å²) >= 11 is 1.88. The van der Waals surface area contributed by atoms with Crippen LogP contribution in [0.5, 0.6) is 0 Å². The first-order valence-electron chi connectivity index (χ1n) is 6.99. The van der Waals surface area contributed by atoms with Gasteiger partial charge in [-0.1, -0.05) is 12.8 Å². The molecule has 0 aliphatic heterocycles. The van der Waals surface area contributed by atoms with Gasteiger partial charge in [0.1, 0.15) is 0 Å². The monoisotopic (exact) mass is 329 g/mol. The minimum Gasteiger partial charge on any atom is -0.399 e. The molecule has 0 aromatic heterocycles. The summed E-state index contributed by atoms with van der Waals surface area (Å²) in [7, 11) is -3.76. The zero-order chi connectivity index (χ0) is 15.7. The molecule has 0 saturated heterocycles. The van der Waals surface area contributed by atoms with E-state index in [1.807, 2.05) is 11.8 Å². The van der Waals surface area contributed by atoms with Crippen LogP contribution < -0.4 is 16.2 Å². The second-order valence-corrected chi connectivity index (χ2v) is 8.49. The molecule has 0 atom stereocenters. The number of hydrogen-bond acceptors (Lipinski definition) is 5. The lowest BCUT2D eigenvalue weighted by Crippen LogP contribution is -2.30. The van der Waals surface area contributed by atoms with E-state index < -0.39 is 10.0 Å². The van der Waals surface area contributed by atoms with Crippen molar-refractivity contribution in [2.45, 2.75) is 42.2 Å². The fraction of sp³-hybridized carbons (Fsp3) is 0.571. The average molecular weight is 329 g/mol. The third-order valence-electron chi connectivity index (χ3n) is 4.24. The van der Waals surface area contributed by atoms with Gasteiger partial charge >= 0.3 is 0 Å². The Labute approximate surface area is 130 Å². The second-order valence-electron chi connectivity index (χ2n) is 5.68. The molecule has 7 heteroatoms. The quantitative estimate of drug-likeness (QED) is 0.720. The minimum atomic E-state index is -3.76. The van der Waals surface area contributed by atoms with E-state index in [2.05, 4.69) is 11.6 Å². The van der Waals surface area contributed by atoms with Crippen molar-refractivity contribution >= 4 is 33.2 Å². The lowest BCUT2D eigenvalue weighted by Gasteiger charge is -2.28. The van der Waals surface area contributed by atoms with Crippen molar-refractivity contribution in [3.8, 4) is 0 Å². The van der Waals surface area contributed by atoms with E-state index in [1.165, 1.54) is 31.7 Å². The number of primary sulfonamides is 1. The van der Waals surface area contributed by atoms with Crippen LogP contribution in [0.2, 0.25) is 0 Å². The topological polar surface area (TPSA) is 98.2 Å². The van der Waals surface area contributed by atoms with Crippen LogP contribution in [0, 0.1) is 6.92 Å². The highest BCUT2D eigenvalue weighted by molar-refractivity contribution is 8.00. The van der Waals surface area contributed by atoms with Crippen molar-refractivity contribution in [2.24, 2.45) is 5.14 Å². The Balaban J connectivity index is 2.26. The molecule has 21 heavy (non-hydrogen) atoms. The Morgan fingerprint density at radius 2 is 1.95 bits per heavy atom. The van der Waals surface area contributed by atoms with Gasteiger partial charge < -0.3 is 11.1 Å². The predicted molar refractivity (Wildman–Crippen MR) is 90.2 cm³/mol. The van der Waals surface area contributed by atoms with Gasteiger partial charge in [-0.15, -0.1) is 0 Å². The van der Waals surface area contributed by atoms with Crippen LogP contribution in [0.25, 0.3) is 0 Å². The van der Waals surface area contributed by atoms with Crippen molar-refractivity contribution in [3.63, 3.8) is 0 Å². The van der Waals surface area contributed by atoms with E-state index in [9.17, 15) is 8.42 Å². The fourth-order valence-electron chi connectivity index (χ4n) is 2.92. The zero-order valence-corrected chi connectivity index (χ0v) is 14.1. The number of sulfonamides is 1. The van der Waals surface area contributed by atoms with Gasteiger partial charge in [-0.2, -0.15) is 11.8 Å². The highest BCUT2D eigenvalue weighted by Gasteiger charge is 2.32. The highest BCUT2D eigenvalue weighted by Crippen LogP contribution is 2.40. The molecule has 1 aromatic carbocycles. The summed E-state index contributed by atoms with van der Waals surface area (Å²) in [5.74, 6) is 0. The zero-order valence-electron chi connectivity index (χ0n) is 12.5. The molecular formula is C14H23N3O2S2. The number of anilines is 2. The van der Waals surface area contributed by atoms with E-state index in [-0.39, 0.29) is 9.64 Å². The lowest BCUT2D eigenvalue weighted by atomic mass is 10.1. The molecular weight excluding hydrogens is 306 g/mol. The van der Waals surface area contributed by atoms with Crippen LogP contribution in [-0.2, 0) is 10.0 Å². The maximum absolute atomic E-state index is 11.6. The number of hydrogen-bond donors (Lipinski definition) is 3. The van der Waals surface area contributed by atoms with Crippen molar-refractivity contribution in [1.82, 2.24) is 0 Å². The molecule has 0 unspecified atom stereocenters. The first-order valence-corrected chi connectivity index (χ1v) is 9.76. The van der Waals surface area contributed by atoms with Crippen molar-refractivity contribution in [3.05, 3.63) is 17.7 Å². The largest absolute Gasteiger partial charge is 0.399 e. The summed E-state index contributed by atoms with van der Waals surface area (Å²) in [6.45, 7) is 2.56. The molecule has 5 nitrogen and oxygen atoms in total. The number of thioether (sulfide) groups is 1. The minimum absolute atomic E-state index is 0.0922. The molecule has 5 N–H and O–H groups in total. The van der Waals surface area contributed by atoms with Gasteiger partial charge in [0, 0.05) is 22.7 Å².